The van der Waals surface area contributed by atoms with Crippen LogP contribution in [0.15, 0.2) is 36.5 Å². The van der Waals surface area contributed by atoms with Crippen LogP contribution in [0.5, 0.6) is 0 Å². The Labute approximate surface area is 225 Å². The molecule has 2 aliphatic rings. The van der Waals surface area contributed by atoms with Crippen LogP contribution < -0.4 is 15.1 Å². The molecule has 0 radical (unpaired) electrons. The molecule has 38 heavy (non-hydrogen) atoms. The molecule has 0 unspecified atom stereocenters. The van der Waals surface area contributed by atoms with Crippen molar-refractivity contribution in [2.24, 2.45) is 0 Å². The molecule has 0 atom stereocenters. The molecule has 9 nitrogen and oxygen atoms in total. The van der Waals surface area contributed by atoms with Crippen LogP contribution in [0.2, 0.25) is 0 Å². The topological polar surface area (TPSA) is 90.9 Å². The summed E-state index contributed by atoms with van der Waals surface area (Å²) in [7, 11) is 2.08. The maximum absolute atomic E-state index is 12.4. The van der Waals surface area contributed by atoms with Crippen molar-refractivity contribution in [3.05, 3.63) is 42.1 Å². The Kier molecular flexibility index (Phi) is 8.54. The fraction of sp³-hybridized carbons (Fsp3) is 0.517. The summed E-state index contributed by atoms with van der Waals surface area (Å²) in [6, 6.07) is 8.62. The first-order valence-electron chi connectivity index (χ1n) is 13.5. The minimum atomic E-state index is -0.487. The van der Waals surface area contributed by atoms with Crippen molar-refractivity contribution in [3.63, 3.8) is 0 Å². The molecular formula is C29H40N6O3. The first-order chi connectivity index (χ1) is 18.1. The van der Waals surface area contributed by atoms with Crippen LogP contribution in [-0.2, 0) is 9.53 Å². The van der Waals surface area contributed by atoms with E-state index in [1.165, 1.54) is 12.8 Å². The number of piperazine rings is 1. The summed E-state index contributed by atoms with van der Waals surface area (Å²) < 4.78 is 5.50. The highest BCUT2D eigenvalue weighted by molar-refractivity contribution is 5.84. The van der Waals surface area contributed by atoms with Gasteiger partial charge in [-0.2, -0.15) is 4.98 Å². The molecule has 1 aromatic carbocycles. The molecule has 1 saturated heterocycles. The lowest BCUT2D eigenvalue weighted by Gasteiger charge is -2.36. The second-order valence-corrected chi connectivity index (χ2v) is 11.1. The predicted molar refractivity (Wildman–Crippen MR) is 152 cm³/mol. The lowest BCUT2D eigenvalue weighted by Crippen LogP contribution is -2.50. The number of hydrogen-bond donors (Lipinski definition) is 1. The second kappa shape index (κ2) is 11.8. The zero-order valence-electron chi connectivity index (χ0n) is 23.2. The van der Waals surface area contributed by atoms with Crippen LogP contribution >= 0.6 is 0 Å². The fourth-order valence-corrected chi connectivity index (χ4v) is 4.99. The summed E-state index contributed by atoms with van der Waals surface area (Å²) in [5.41, 5.74) is 3.23. The van der Waals surface area contributed by atoms with Gasteiger partial charge in [-0.05, 0) is 76.5 Å². The van der Waals surface area contributed by atoms with E-state index in [-0.39, 0.29) is 6.09 Å². The highest BCUT2D eigenvalue weighted by atomic mass is 16.6. The van der Waals surface area contributed by atoms with E-state index in [0.717, 1.165) is 60.5 Å². The van der Waals surface area contributed by atoms with E-state index < -0.39 is 5.60 Å². The number of aldehydes is 1. The Morgan fingerprint density at radius 2 is 1.76 bits per heavy atom. The van der Waals surface area contributed by atoms with Crippen molar-refractivity contribution in [1.29, 1.82) is 0 Å². The molecule has 1 N–H and O–H groups in total. The van der Waals surface area contributed by atoms with Gasteiger partial charge in [-0.25, -0.2) is 9.78 Å². The molecule has 1 aliphatic carbocycles. The lowest BCUT2D eigenvalue weighted by molar-refractivity contribution is -0.104. The van der Waals surface area contributed by atoms with Gasteiger partial charge in [0.25, 0.3) is 0 Å². The Morgan fingerprint density at radius 1 is 1.11 bits per heavy atom. The normalized spacial score (nSPS) is 16.9. The van der Waals surface area contributed by atoms with E-state index in [0.29, 0.717) is 25.1 Å². The molecule has 1 saturated carbocycles. The number of nitrogens with one attached hydrogen (secondary N) is 1. The number of benzene rings is 1. The average Bonchev–Trinajstić information content (AvgIpc) is 3.43. The van der Waals surface area contributed by atoms with Crippen LogP contribution in [-0.4, -0.2) is 72.1 Å². The molecule has 2 heterocycles. The lowest BCUT2D eigenvalue weighted by atomic mass is 10.1. The molecule has 204 valence electrons. The molecule has 1 aliphatic heterocycles. The zero-order chi connectivity index (χ0) is 27.3. The molecule has 0 bridgehead atoms. The van der Waals surface area contributed by atoms with Gasteiger partial charge in [-0.1, -0.05) is 12.8 Å². The minimum absolute atomic E-state index is 0.252. The molecule has 1 aromatic heterocycles. The predicted octanol–water partition coefficient (Wildman–Crippen LogP) is 5.26. The number of anilines is 4. The smallest absolute Gasteiger partial charge is 0.410 e. The van der Waals surface area contributed by atoms with E-state index in [4.69, 9.17) is 9.72 Å². The summed E-state index contributed by atoms with van der Waals surface area (Å²) in [5.74, 6) is 1.36. The van der Waals surface area contributed by atoms with Crippen LogP contribution in [0.3, 0.4) is 0 Å². The third-order valence-electron chi connectivity index (χ3n) is 7.14. The largest absolute Gasteiger partial charge is 0.444 e. The number of aromatic nitrogens is 2. The first kappa shape index (κ1) is 27.4. The number of amides is 1. The standard InChI is InChI=1S/C29H40N6O3/c1-21(14-19-36)25-20-30-27(32-26(25)33(5)23-8-6-7-9-23)31-22-10-12-24(13-11-22)34-15-17-35(18-16-34)28(37)38-29(2,3)4/h10-14,19-20,23H,6-9,15-18H2,1-5H3,(H,30,31,32)/b21-14-. The van der Waals surface area contributed by atoms with Gasteiger partial charge in [-0.3, -0.25) is 4.79 Å². The van der Waals surface area contributed by atoms with Gasteiger partial charge in [0.1, 0.15) is 17.7 Å². The van der Waals surface area contributed by atoms with Gasteiger partial charge in [0.2, 0.25) is 5.95 Å². The highest BCUT2D eigenvalue weighted by Crippen LogP contribution is 2.32. The maximum Gasteiger partial charge on any atom is 0.410 e. The molecule has 9 heteroatoms. The van der Waals surface area contributed by atoms with Crippen molar-refractivity contribution in [1.82, 2.24) is 14.9 Å². The van der Waals surface area contributed by atoms with E-state index in [9.17, 15) is 9.59 Å². The number of ether oxygens (including phenoxy) is 1. The van der Waals surface area contributed by atoms with Gasteiger partial charge in [-0.15, -0.1) is 0 Å². The molecular weight excluding hydrogens is 480 g/mol. The van der Waals surface area contributed by atoms with Gasteiger partial charge < -0.3 is 24.8 Å². The Morgan fingerprint density at radius 3 is 2.37 bits per heavy atom. The van der Waals surface area contributed by atoms with Gasteiger partial charge in [0.05, 0.1) is 0 Å². The van der Waals surface area contributed by atoms with Gasteiger partial charge in [0, 0.05) is 62.4 Å². The highest BCUT2D eigenvalue weighted by Gasteiger charge is 2.26. The third kappa shape index (κ3) is 6.82. The average molecular weight is 521 g/mol. The Balaban J connectivity index is 1.42. The maximum atomic E-state index is 12.4. The quantitative estimate of drug-likeness (QED) is 0.391. The number of allylic oxidation sites excluding steroid dienone is 2. The van der Waals surface area contributed by atoms with Gasteiger partial charge >= 0.3 is 6.09 Å². The van der Waals surface area contributed by atoms with E-state index in [2.05, 4.69) is 39.3 Å². The summed E-state index contributed by atoms with van der Waals surface area (Å²) in [4.78, 5) is 39.1. The van der Waals surface area contributed by atoms with E-state index >= 15 is 0 Å². The van der Waals surface area contributed by atoms with Crippen molar-refractivity contribution in [2.45, 2.75) is 65.0 Å². The summed E-state index contributed by atoms with van der Waals surface area (Å²) in [6.45, 7) is 10.3. The van der Waals surface area contributed by atoms with Crippen molar-refractivity contribution in [3.8, 4) is 0 Å². The molecule has 1 amide bonds. The number of nitrogens with zero attached hydrogens (tertiary/aromatic N) is 5. The fourth-order valence-electron chi connectivity index (χ4n) is 4.99. The Hall–Kier alpha value is -3.62. The zero-order valence-corrected chi connectivity index (χ0v) is 23.2. The molecule has 0 spiro atoms. The van der Waals surface area contributed by atoms with Crippen LogP contribution in [0.1, 0.15) is 58.9 Å². The molecule has 4 rings (SSSR count). The van der Waals surface area contributed by atoms with Gasteiger partial charge in [0.15, 0.2) is 0 Å². The van der Waals surface area contributed by atoms with Crippen molar-refractivity contribution in [2.75, 3.05) is 48.3 Å². The van der Waals surface area contributed by atoms with E-state index in [1.54, 1.807) is 17.2 Å². The summed E-state index contributed by atoms with van der Waals surface area (Å²) >= 11 is 0. The summed E-state index contributed by atoms with van der Waals surface area (Å²) in [6.07, 6.45) is 8.66. The van der Waals surface area contributed by atoms with Crippen LogP contribution in [0.25, 0.3) is 5.57 Å². The van der Waals surface area contributed by atoms with E-state index in [1.807, 2.05) is 39.8 Å². The first-order valence-corrected chi connectivity index (χ1v) is 13.5. The third-order valence-corrected chi connectivity index (χ3v) is 7.14. The van der Waals surface area contributed by atoms with Crippen molar-refractivity contribution < 1.29 is 14.3 Å². The summed E-state index contributed by atoms with van der Waals surface area (Å²) in [5, 5.41) is 3.34. The number of rotatable bonds is 7. The number of hydrogen-bond acceptors (Lipinski definition) is 8. The number of carbonyl (C=O) groups excluding carboxylic acids is 2. The Bertz CT molecular complexity index is 1140. The molecule has 2 aromatic rings. The second-order valence-electron chi connectivity index (χ2n) is 11.1. The van der Waals surface area contributed by atoms with Crippen LogP contribution in [0, 0.1) is 0 Å². The minimum Gasteiger partial charge on any atom is -0.444 e. The monoisotopic (exact) mass is 520 g/mol. The van der Waals surface area contributed by atoms with Crippen LogP contribution in [0.4, 0.5) is 27.9 Å². The molecule has 2 fully saturated rings. The van der Waals surface area contributed by atoms with Crippen molar-refractivity contribution >= 4 is 41.1 Å². The SMILES string of the molecule is C/C(=C/C=O)c1cnc(Nc2ccc(N3CCN(C(=O)OC(C)(C)C)CC3)cc2)nc1N(C)C1CCCC1. The number of carbonyl (C=O) groups is 2.